The Kier molecular flexibility index (Phi) is 5.31. The fourth-order valence-corrected chi connectivity index (χ4v) is 3.28. The van der Waals surface area contributed by atoms with Gasteiger partial charge in [0.25, 0.3) is 0 Å². The summed E-state index contributed by atoms with van der Waals surface area (Å²) in [6.45, 7) is 4.97. The molecule has 1 aliphatic heterocycles. The van der Waals surface area contributed by atoms with Crippen LogP contribution in [0.4, 0.5) is 0 Å². The molecule has 0 aliphatic carbocycles. The molecule has 0 bridgehead atoms. The van der Waals surface area contributed by atoms with Crippen molar-refractivity contribution in [2.45, 2.75) is 19.4 Å². The van der Waals surface area contributed by atoms with E-state index in [0.29, 0.717) is 35.8 Å². The lowest BCUT2D eigenvalue weighted by Crippen LogP contribution is -2.28. The quantitative estimate of drug-likeness (QED) is 0.870. The van der Waals surface area contributed by atoms with Gasteiger partial charge in [-0.15, -0.1) is 0 Å². The minimum Gasteiger partial charge on any atom is -0.493 e. The zero-order valence-corrected chi connectivity index (χ0v) is 13.4. The van der Waals surface area contributed by atoms with Gasteiger partial charge in [0.05, 0.1) is 21.3 Å². The van der Waals surface area contributed by atoms with Gasteiger partial charge in [-0.2, -0.15) is 0 Å². The van der Waals surface area contributed by atoms with E-state index in [-0.39, 0.29) is 0 Å². The Hall–Kier alpha value is -1.46. The molecule has 1 fully saturated rings. The number of nitrogens with two attached hydrogens (primary N) is 1. The fraction of sp³-hybridized carbons (Fsp3) is 0.625. The molecule has 2 N–H and O–H groups in total. The Balaban J connectivity index is 2.46. The Morgan fingerprint density at radius 2 is 1.76 bits per heavy atom. The number of hydrogen-bond donors (Lipinski definition) is 1. The molecule has 1 heterocycles. The maximum absolute atomic E-state index is 5.96. The first-order chi connectivity index (χ1) is 10.2. The summed E-state index contributed by atoms with van der Waals surface area (Å²) in [5.41, 5.74) is 7.14. The maximum Gasteiger partial charge on any atom is 0.203 e. The van der Waals surface area contributed by atoms with Crippen LogP contribution in [0.25, 0.3) is 0 Å². The third kappa shape index (κ3) is 2.94. The second-order valence-electron chi connectivity index (χ2n) is 5.32. The van der Waals surface area contributed by atoms with E-state index in [9.17, 15) is 0 Å². The lowest BCUT2D eigenvalue weighted by Gasteiger charge is -2.28. The molecule has 0 aromatic heterocycles. The summed E-state index contributed by atoms with van der Waals surface area (Å²) in [4.78, 5) is 2.46. The highest BCUT2D eigenvalue weighted by Gasteiger charge is 2.34. The number of nitrogens with zero attached hydrogens (tertiary/aromatic N) is 1. The molecule has 2 unspecified atom stereocenters. The van der Waals surface area contributed by atoms with Crippen molar-refractivity contribution in [1.29, 1.82) is 0 Å². The summed E-state index contributed by atoms with van der Waals surface area (Å²) in [5, 5.41) is 0. The highest BCUT2D eigenvalue weighted by atomic mass is 16.5. The van der Waals surface area contributed by atoms with Gasteiger partial charge in [0.2, 0.25) is 5.75 Å². The van der Waals surface area contributed by atoms with Crippen LogP contribution >= 0.6 is 0 Å². The van der Waals surface area contributed by atoms with Gasteiger partial charge in [0.1, 0.15) is 0 Å². The van der Waals surface area contributed by atoms with Gasteiger partial charge < -0.3 is 19.9 Å². The first kappa shape index (κ1) is 15.9. The van der Waals surface area contributed by atoms with E-state index in [2.05, 4.69) is 11.8 Å². The Morgan fingerprint density at radius 1 is 1.14 bits per heavy atom. The smallest absolute Gasteiger partial charge is 0.203 e. The first-order valence-corrected chi connectivity index (χ1v) is 7.44. The van der Waals surface area contributed by atoms with Crippen LogP contribution in [0.15, 0.2) is 12.1 Å². The molecule has 2 rings (SSSR count). The van der Waals surface area contributed by atoms with Gasteiger partial charge in [-0.25, -0.2) is 0 Å². The van der Waals surface area contributed by atoms with Gasteiger partial charge in [0, 0.05) is 6.04 Å². The van der Waals surface area contributed by atoms with Gasteiger partial charge >= 0.3 is 0 Å². The minimum atomic E-state index is 0.314. The van der Waals surface area contributed by atoms with Crippen molar-refractivity contribution in [3.05, 3.63) is 17.7 Å². The van der Waals surface area contributed by atoms with Crippen molar-refractivity contribution < 1.29 is 14.2 Å². The second kappa shape index (κ2) is 7.00. The van der Waals surface area contributed by atoms with Crippen molar-refractivity contribution in [2.75, 3.05) is 41.0 Å². The molecule has 0 spiro atoms. The predicted octanol–water partition coefficient (Wildman–Crippen LogP) is 2.05. The zero-order chi connectivity index (χ0) is 15.4. The van der Waals surface area contributed by atoms with Crippen molar-refractivity contribution in [1.82, 2.24) is 4.90 Å². The van der Waals surface area contributed by atoms with Crippen LogP contribution in [0, 0.1) is 5.92 Å². The molecule has 5 heteroatoms. The largest absolute Gasteiger partial charge is 0.493 e. The van der Waals surface area contributed by atoms with Crippen LogP contribution in [0.3, 0.4) is 0 Å². The minimum absolute atomic E-state index is 0.314. The fourth-order valence-electron chi connectivity index (χ4n) is 3.28. The van der Waals surface area contributed by atoms with Crippen molar-refractivity contribution >= 4 is 0 Å². The first-order valence-electron chi connectivity index (χ1n) is 7.44. The SMILES string of the molecule is CCN1CCC(CN)C1c1cc(OC)c(OC)c(OC)c1. The highest BCUT2D eigenvalue weighted by Crippen LogP contribution is 2.44. The van der Waals surface area contributed by atoms with Gasteiger partial charge in [-0.1, -0.05) is 6.92 Å². The summed E-state index contributed by atoms with van der Waals surface area (Å²) in [5.74, 6) is 2.50. The Labute approximate surface area is 127 Å². The van der Waals surface area contributed by atoms with Gasteiger partial charge in [0.15, 0.2) is 11.5 Å². The lowest BCUT2D eigenvalue weighted by molar-refractivity contribution is 0.239. The highest BCUT2D eigenvalue weighted by molar-refractivity contribution is 5.54. The normalized spacial score (nSPS) is 22.3. The molecular weight excluding hydrogens is 268 g/mol. The van der Waals surface area contributed by atoms with E-state index >= 15 is 0 Å². The Bertz CT molecular complexity index is 442. The van der Waals surface area contributed by atoms with E-state index in [1.165, 1.54) is 5.56 Å². The summed E-state index contributed by atoms with van der Waals surface area (Å²) in [7, 11) is 4.91. The third-order valence-electron chi connectivity index (χ3n) is 4.36. The van der Waals surface area contributed by atoms with E-state index in [1.807, 2.05) is 12.1 Å². The number of ether oxygens (including phenoxy) is 3. The summed E-state index contributed by atoms with van der Waals surface area (Å²) >= 11 is 0. The summed E-state index contributed by atoms with van der Waals surface area (Å²) in [6, 6.07) is 4.40. The number of hydrogen-bond acceptors (Lipinski definition) is 5. The summed E-state index contributed by atoms with van der Waals surface area (Å²) in [6.07, 6.45) is 1.13. The average Bonchev–Trinajstić information content (AvgIpc) is 2.96. The third-order valence-corrected chi connectivity index (χ3v) is 4.36. The topological polar surface area (TPSA) is 57.0 Å². The zero-order valence-electron chi connectivity index (χ0n) is 13.4. The van der Waals surface area contributed by atoms with Crippen LogP contribution < -0.4 is 19.9 Å². The number of benzene rings is 1. The molecule has 118 valence electrons. The molecule has 0 amide bonds. The monoisotopic (exact) mass is 294 g/mol. The lowest BCUT2D eigenvalue weighted by atomic mass is 9.93. The Morgan fingerprint density at radius 3 is 2.19 bits per heavy atom. The van der Waals surface area contributed by atoms with Crippen molar-refractivity contribution in [3.8, 4) is 17.2 Å². The standard InChI is InChI=1S/C16H26N2O3/c1-5-18-7-6-11(10-17)15(18)12-8-13(19-2)16(21-4)14(9-12)20-3/h8-9,11,15H,5-7,10,17H2,1-4H3. The second-order valence-corrected chi connectivity index (χ2v) is 5.32. The van der Waals surface area contributed by atoms with Crippen LogP contribution in [0.5, 0.6) is 17.2 Å². The van der Waals surface area contributed by atoms with Gasteiger partial charge in [-0.05, 0) is 49.7 Å². The summed E-state index contributed by atoms with van der Waals surface area (Å²) < 4.78 is 16.3. The van der Waals surface area contributed by atoms with E-state index < -0.39 is 0 Å². The number of likely N-dealkylation sites (tertiary alicyclic amines) is 1. The molecule has 0 saturated carbocycles. The van der Waals surface area contributed by atoms with Crippen LogP contribution in [-0.2, 0) is 0 Å². The number of methoxy groups -OCH3 is 3. The van der Waals surface area contributed by atoms with Crippen LogP contribution in [0.1, 0.15) is 24.9 Å². The van der Waals surface area contributed by atoms with Crippen LogP contribution in [-0.4, -0.2) is 45.9 Å². The molecule has 5 nitrogen and oxygen atoms in total. The molecule has 2 atom stereocenters. The number of rotatable bonds is 6. The molecule has 21 heavy (non-hydrogen) atoms. The van der Waals surface area contributed by atoms with Crippen molar-refractivity contribution in [3.63, 3.8) is 0 Å². The molecule has 0 radical (unpaired) electrons. The van der Waals surface area contributed by atoms with E-state index in [1.54, 1.807) is 21.3 Å². The maximum atomic E-state index is 5.96. The molecule has 1 aromatic carbocycles. The van der Waals surface area contributed by atoms with Gasteiger partial charge in [-0.3, -0.25) is 4.90 Å². The van der Waals surface area contributed by atoms with Crippen LogP contribution in [0.2, 0.25) is 0 Å². The molecule has 1 saturated heterocycles. The molecule has 1 aromatic rings. The van der Waals surface area contributed by atoms with Crippen molar-refractivity contribution in [2.24, 2.45) is 11.7 Å². The van der Waals surface area contributed by atoms with E-state index in [0.717, 1.165) is 19.5 Å². The average molecular weight is 294 g/mol. The predicted molar refractivity (Wildman–Crippen MR) is 83.2 cm³/mol. The molecular formula is C16H26N2O3. The van der Waals surface area contributed by atoms with E-state index in [4.69, 9.17) is 19.9 Å². The molecule has 1 aliphatic rings.